The van der Waals surface area contributed by atoms with Crippen LogP contribution < -0.4 is 5.73 Å². The molecule has 0 aliphatic heterocycles. The first-order valence-electron chi connectivity index (χ1n) is 6.50. The number of aliphatic carboxylic acids is 1. The lowest BCUT2D eigenvalue weighted by atomic mass is 9.91. The zero-order valence-electron chi connectivity index (χ0n) is 12.5. The maximum absolute atomic E-state index is 12.1. The lowest BCUT2D eigenvalue weighted by Crippen LogP contribution is -2.39. The van der Waals surface area contributed by atoms with Gasteiger partial charge in [-0.25, -0.2) is 0 Å². The van der Waals surface area contributed by atoms with Gasteiger partial charge in [-0.05, 0) is 51.0 Å². The first kappa shape index (κ1) is 17.5. The van der Waals surface area contributed by atoms with E-state index in [0.717, 1.165) is 5.56 Å². The smallest absolute Gasteiger partial charge is 0.322 e. The van der Waals surface area contributed by atoms with Crippen molar-refractivity contribution in [3.8, 4) is 0 Å². The van der Waals surface area contributed by atoms with Crippen molar-refractivity contribution in [2.45, 2.75) is 39.3 Å². The zero-order chi connectivity index (χ0) is 16.4. The van der Waals surface area contributed by atoms with Crippen LogP contribution in [0.1, 0.15) is 37.9 Å². The Morgan fingerprint density at radius 3 is 2.33 bits per heavy atom. The number of carboxylic acids is 1. The fourth-order valence-corrected chi connectivity index (χ4v) is 2.19. The van der Waals surface area contributed by atoms with Gasteiger partial charge >= 0.3 is 11.9 Å². The van der Waals surface area contributed by atoms with Crippen molar-refractivity contribution >= 4 is 23.5 Å². The van der Waals surface area contributed by atoms with Crippen LogP contribution in [0.4, 0.5) is 0 Å². The van der Waals surface area contributed by atoms with Gasteiger partial charge in [0.25, 0.3) is 0 Å². The molecule has 0 aliphatic carbocycles. The van der Waals surface area contributed by atoms with Crippen molar-refractivity contribution in [2.75, 3.05) is 0 Å². The predicted octanol–water partition coefficient (Wildman–Crippen LogP) is 2.69. The molecule has 0 radical (unpaired) electrons. The zero-order valence-corrected chi connectivity index (χ0v) is 13.3. The number of carbonyl (C=O) groups is 2. The summed E-state index contributed by atoms with van der Waals surface area (Å²) in [7, 11) is 0. The Kier molecular flexibility index (Phi) is 5.36. The number of nitrogens with two attached hydrogens (primary N) is 1. The molecule has 0 spiro atoms. The predicted molar refractivity (Wildman–Crippen MR) is 80.1 cm³/mol. The second-order valence-corrected chi connectivity index (χ2v) is 6.31. The van der Waals surface area contributed by atoms with Crippen LogP contribution in [0.15, 0.2) is 18.2 Å². The Morgan fingerprint density at radius 1 is 1.33 bits per heavy atom. The summed E-state index contributed by atoms with van der Waals surface area (Å²) in [5.74, 6) is -3.63. The molecule has 6 heteroatoms. The maximum atomic E-state index is 12.1. The molecule has 0 fully saturated rings. The Bertz CT molecular complexity index is 551. The van der Waals surface area contributed by atoms with Gasteiger partial charge in [-0.15, -0.1) is 0 Å². The Morgan fingerprint density at radius 2 is 1.90 bits per heavy atom. The summed E-state index contributed by atoms with van der Waals surface area (Å²) in [4.78, 5) is 23.5. The molecule has 0 bridgehead atoms. The molecule has 0 saturated carbocycles. The summed E-state index contributed by atoms with van der Waals surface area (Å²) in [6, 6.07) is 3.90. The summed E-state index contributed by atoms with van der Waals surface area (Å²) < 4.78 is 5.14. The Balaban J connectivity index is 3.11. The van der Waals surface area contributed by atoms with E-state index in [0.29, 0.717) is 10.6 Å². The minimum Gasteiger partial charge on any atom is -0.481 e. The average Bonchev–Trinajstić information content (AvgIpc) is 2.25. The molecule has 1 aromatic rings. The molecule has 0 aromatic heterocycles. The van der Waals surface area contributed by atoms with Crippen LogP contribution in [0.2, 0.25) is 5.02 Å². The molecular formula is C15H20ClNO4. The highest BCUT2D eigenvalue weighted by Crippen LogP contribution is 2.27. The first-order valence-corrected chi connectivity index (χ1v) is 6.88. The summed E-state index contributed by atoms with van der Waals surface area (Å²) in [6.45, 7) is 6.77. The molecule has 116 valence electrons. The van der Waals surface area contributed by atoms with Crippen LogP contribution in [0.5, 0.6) is 0 Å². The number of rotatable bonds is 4. The third kappa shape index (κ3) is 4.72. The largest absolute Gasteiger partial charge is 0.481 e. The minimum absolute atomic E-state index is 0.521. The summed E-state index contributed by atoms with van der Waals surface area (Å²) in [5.41, 5.74) is 6.49. The van der Waals surface area contributed by atoms with E-state index in [9.17, 15) is 14.7 Å². The fourth-order valence-electron chi connectivity index (χ4n) is 1.96. The molecule has 2 atom stereocenters. The van der Waals surface area contributed by atoms with Gasteiger partial charge in [-0.1, -0.05) is 17.7 Å². The SMILES string of the molecule is Cc1cc(Cl)ccc1C(N)C(C(=O)O)C(=O)OC(C)(C)C. The highest BCUT2D eigenvalue weighted by molar-refractivity contribution is 6.30. The summed E-state index contributed by atoms with van der Waals surface area (Å²) in [6.07, 6.45) is 0. The van der Waals surface area contributed by atoms with Gasteiger partial charge in [0.1, 0.15) is 5.60 Å². The first-order chi connectivity index (χ1) is 9.53. The van der Waals surface area contributed by atoms with Crippen LogP contribution in [0.25, 0.3) is 0 Å². The lowest BCUT2D eigenvalue weighted by Gasteiger charge is -2.25. The van der Waals surface area contributed by atoms with Gasteiger partial charge < -0.3 is 15.6 Å². The number of esters is 1. The number of halogens is 1. The highest BCUT2D eigenvalue weighted by Gasteiger charge is 2.37. The standard InChI is InChI=1S/C15H20ClNO4/c1-8-7-9(16)5-6-10(8)12(17)11(13(18)19)14(20)21-15(2,3)4/h5-7,11-12H,17H2,1-4H3,(H,18,19). The summed E-state index contributed by atoms with van der Waals surface area (Å²) in [5, 5.41) is 9.83. The molecule has 1 rings (SSSR count). The molecule has 5 nitrogen and oxygen atoms in total. The number of hydrogen-bond acceptors (Lipinski definition) is 4. The average molecular weight is 314 g/mol. The van der Waals surface area contributed by atoms with Gasteiger partial charge in [0.2, 0.25) is 0 Å². The fraction of sp³-hybridized carbons (Fsp3) is 0.467. The van der Waals surface area contributed by atoms with E-state index in [4.69, 9.17) is 22.1 Å². The molecular weight excluding hydrogens is 294 g/mol. The number of carboxylic acid groups (broad SMARTS) is 1. The molecule has 0 saturated heterocycles. The monoisotopic (exact) mass is 313 g/mol. The van der Waals surface area contributed by atoms with Crippen molar-refractivity contribution in [2.24, 2.45) is 11.7 Å². The van der Waals surface area contributed by atoms with Crippen molar-refractivity contribution in [1.82, 2.24) is 0 Å². The Labute approximate surface area is 129 Å². The van der Waals surface area contributed by atoms with E-state index in [1.165, 1.54) is 0 Å². The maximum Gasteiger partial charge on any atom is 0.322 e. The van der Waals surface area contributed by atoms with E-state index < -0.39 is 29.5 Å². The van der Waals surface area contributed by atoms with E-state index in [1.54, 1.807) is 45.9 Å². The molecule has 2 unspecified atom stereocenters. The van der Waals surface area contributed by atoms with Crippen LogP contribution in [-0.4, -0.2) is 22.6 Å². The quantitative estimate of drug-likeness (QED) is 0.659. The molecule has 3 N–H and O–H groups in total. The topological polar surface area (TPSA) is 89.6 Å². The highest BCUT2D eigenvalue weighted by atomic mass is 35.5. The molecule has 21 heavy (non-hydrogen) atoms. The molecule has 0 aliphatic rings. The number of ether oxygens (including phenoxy) is 1. The molecule has 1 aromatic carbocycles. The number of carbonyl (C=O) groups excluding carboxylic acids is 1. The van der Waals surface area contributed by atoms with E-state index in [2.05, 4.69) is 0 Å². The third-order valence-corrected chi connectivity index (χ3v) is 3.11. The van der Waals surface area contributed by atoms with E-state index in [-0.39, 0.29) is 0 Å². The summed E-state index contributed by atoms with van der Waals surface area (Å²) >= 11 is 5.86. The molecule has 0 amide bonds. The van der Waals surface area contributed by atoms with Crippen LogP contribution >= 0.6 is 11.6 Å². The number of hydrogen-bond donors (Lipinski definition) is 2. The normalized spacial score (nSPS) is 14.4. The van der Waals surface area contributed by atoms with Gasteiger partial charge in [-0.3, -0.25) is 9.59 Å². The van der Waals surface area contributed by atoms with Crippen molar-refractivity contribution in [1.29, 1.82) is 0 Å². The second kappa shape index (κ2) is 6.45. The van der Waals surface area contributed by atoms with Crippen LogP contribution in [-0.2, 0) is 14.3 Å². The van der Waals surface area contributed by atoms with Crippen LogP contribution in [0.3, 0.4) is 0 Å². The van der Waals surface area contributed by atoms with Gasteiger partial charge in [0, 0.05) is 5.02 Å². The van der Waals surface area contributed by atoms with Crippen molar-refractivity contribution < 1.29 is 19.4 Å². The van der Waals surface area contributed by atoms with E-state index in [1.807, 2.05) is 0 Å². The van der Waals surface area contributed by atoms with Crippen molar-refractivity contribution in [3.63, 3.8) is 0 Å². The van der Waals surface area contributed by atoms with E-state index >= 15 is 0 Å². The second-order valence-electron chi connectivity index (χ2n) is 5.88. The number of aryl methyl sites for hydroxylation is 1. The minimum atomic E-state index is -1.47. The third-order valence-electron chi connectivity index (χ3n) is 2.88. The van der Waals surface area contributed by atoms with Gasteiger partial charge in [-0.2, -0.15) is 0 Å². The van der Waals surface area contributed by atoms with Gasteiger partial charge in [0.05, 0.1) is 6.04 Å². The molecule has 0 heterocycles. The Hall–Kier alpha value is -1.59. The lowest BCUT2D eigenvalue weighted by molar-refractivity contribution is -0.167. The van der Waals surface area contributed by atoms with Crippen LogP contribution in [0, 0.1) is 12.8 Å². The van der Waals surface area contributed by atoms with Gasteiger partial charge in [0.15, 0.2) is 5.92 Å². The van der Waals surface area contributed by atoms with Crippen molar-refractivity contribution in [3.05, 3.63) is 34.3 Å². The number of benzene rings is 1.